The van der Waals surface area contributed by atoms with E-state index >= 15 is 0 Å². The zero-order valence-electron chi connectivity index (χ0n) is 11.6. The van der Waals surface area contributed by atoms with Crippen LogP contribution in [-0.2, 0) is 9.53 Å². The largest absolute Gasteiger partial charge is 0.378 e. The summed E-state index contributed by atoms with van der Waals surface area (Å²) in [6.07, 6.45) is 7.75. The van der Waals surface area contributed by atoms with Crippen molar-refractivity contribution in [3.05, 3.63) is 0 Å². The van der Waals surface area contributed by atoms with Crippen LogP contribution in [0.3, 0.4) is 0 Å². The number of carbonyl (C=O) groups is 1. The molecule has 0 aromatic rings. The second-order valence-corrected chi connectivity index (χ2v) is 6.11. The molecule has 0 aromatic heterocycles. The van der Waals surface area contributed by atoms with E-state index in [1.165, 1.54) is 12.8 Å². The maximum atomic E-state index is 12.3. The van der Waals surface area contributed by atoms with Crippen molar-refractivity contribution in [3.63, 3.8) is 0 Å². The summed E-state index contributed by atoms with van der Waals surface area (Å²) in [6, 6.07) is 1.73. The summed E-state index contributed by atoms with van der Waals surface area (Å²) in [4.78, 5) is 14.3. The molecule has 4 nitrogen and oxygen atoms in total. The summed E-state index contributed by atoms with van der Waals surface area (Å²) in [6.45, 7) is 0.832. The number of amides is 1. The van der Waals surface area contributed by atoms with E-state index in [0.29, 0.717) is 24.5 Å². The fourth-order valence-electron chi connectivity index (χ4n) is 3.69. The number of carbonyl (C=O) groups excluding carboxylic acids is 1. The van der Waals surface area contributed by atoms with Crippen molar-refractivity contribution in [2.24, 2.45) is 0 Å². The van der Waals surface area contributed by atoms with Crippen LogP contribution in [0.25, 0.3) is 0 Å². The molecule has 3 heterocycles. The summed E-state index contributed by atoms with van der Waals surface area (Å²) in [7, 11) is 1.98. The molecular formula is C14H25ClN2O2. The van der Waals surface area contributed by atoms with Gasteiger partial charge in [0.05, 0.1) is 12.5 Å². The van der Waals surface area contributed by atoms with Crippen LogP contribution in [0.2, 0.25) is 0 Å². The molecule has 3 aliphatic heterocycles. The minimum Gasteiger partial charge on any atom is -0.378 e. The molecule has 3 saturated heterocycles. The Morgan fingerprint density at radius 1 is 1.26 bits per heavy atom. The predicted octanol–water partition coefficient (Wildman–Crippen LogP) is 1.72. The highest BCUT2D eigenvalue weighted by atomic mass is 35.5. The van der Waals surface area contributed by atoms with Gasteiger partial charge >= 0.3 is 0 Å². The maximum absolute atomic E-state index is 12.3. The molecule has 5 heteroatoms. The van der Waals surface area contributed by atoms with Gasteiger partial charge in [0.1, 0.15) is 0 Å². The Hall–Kier alpha value is -0.320. The number of nitrogens with zero attached hydrogens (tertiary/aromatic N) is 1. The Morgan fingerprint density at radius 3 is 2.53 bits per heavy atom. The smallest absolute Gasteiger partial charge is 0.225 e. The average molecular weight is 289 g/mol. The third kappa shape index (κ3) is 3.41. The van der Waals surface area contributed by atoms with Crippen LogP contribution in [0.15, 0.2) is 0 Å². The van der Waals surface area contributed by atoms with Crippen molar-refractivity contribution in [1.29, 1.82) is 0 Å². The van der Waals surface area contributed by atoms with E-state index < -0.39 is 0 Å². The van der Waals surface area contributed by atoms with Gasteiger partial charge in [-0.15, -0.1) is 12.4 Å². The van der Waals surface area contributed by atoms with E-state index in [2.05, 4.69) is 5.32 Å². The van der Waals surface area contributed by atoms with Gasteiger partial charge in [-0.1, -0.05) is 0 Å². The molecule has 0 spiro atoms. The van der Waals surface area contributed by atoms with Crippen LogP contribution >= 0.6 is 12.4 Å². The van der Waals surface area contributed by atoms with Gasteiger partial charge in [0.2, 0.25) is 5.91 Å². The highest BCUT2D eigenvalue weighted by Crippen LogP contribution is 2.29. The van der Waals surface area contributed by atoms with Crippen molar-refractivity contribution in [2.45, 2.75) is 69.2 Å². The molecule has 3 unspecified atom stereocenters. The Balaban J connectivity index is 0.00000133. The van der Waals surface area contributed by atoms with Gasteiger partial charge in [-0.25, -0.2) is 0 Å². The van der Waals surface area contributed by atoms with Gasteiger partial charge in [-0.05, 0) is 38.5 Å². The summed E-state index contributed by atoms with van der Waals surface area (Å²) >= 11 is 0. The Morgan fingerprint density at radius 2 is 1.95 bits per heavy atom. The van der Waals surface area contributed by atoms with Crippen molar-refractivity contribution in [3.8, 4) is 0 Å². The normalized spacial score (nSPS) is 36.9. The fourth-order valence-corrected chi connectivity index (χ4v) is 3.69. The summed E-state index contributed by atoms with van der Waals surface area (Å²) in [5, 5.41) is 3.62. The molecule has 0 aromatic carbocycles. The predicted molar refractivity (Wildman–Crippen MR) is 76.6 cm³/mol. The van der Waals surface area contributed by atoms with Crippen molar-refractivity contribution in [1.82, 2.24) is 10.2 Å². The molecule has 0 saturated carbocycles. The van der Waals surface area contributed by atoms with E-state index in [4.69, 9.17) is 4.74 Å². The van der Waals surface area contributed by atoms with Crippen LogP contribution in [0.4, 0.5) is 0 Å². The second-order valence-electron chi connectivity index (χ2n) is 6.11. The molecular weight excluding hydrogens is 264 g/mol. The van der Waals surface area contributed by atoms with Crippen molar-refractivity contribution in [2.75, 3.05) is 13.7 Å². The van der Waals surface area contributed by atoms with Crippen LogP contribution in [0.5, 0.6) is 0 Å². The minimum absolute atomic E-state index is 0. The molecule has 2 bridgehead atoms. The number of ether oxygens (including phenoxy) is 1. The van der Waals surface area contributed by atoms with Gasteiger partial charge < -0.3 is 15.0 Å². The molecule has 1 N–H and O–H groups in total. The Labute approximate surface area is 121 Å². The van der Waals surface area contributed by atoms with Crippen molar-refractivity contribution < 1.29 is 9.53 Å². The molecule has 110 valence electrons. The number of piperidine rings is 1. The SMILES string of the molecule is CN(C(=O)CC1CCCO1)C1CC2CCC(C1)N2.Cl. The van der Waals surface area contributed by atoms with E-state index in [0.717, 1.165) is 32.3 Å². The van der Waals surface area contributed by atoms with Crippen LogP contribution in [-0.4, -0.2) is 48.7 Å². The lowest BCUT2D eigenvalue weighted by molar-refractivity contribution is -0.135. The highest BCUT2D eigenvalue weighted by Gasteiger charge is 2.36. The number of halogens is 1. The summed E-state index contributed by atoms with van der Waals surface area (Å²) in [5.74, 6) is 0.271. The van der Waals surface area contributed by atoms with E-state index in [-0.39, 0.29) is 24.4 Å². The van der Waals surface area contributed by atoms with E-state index in [9.17, 15) is 4.79 Å². The summed E-state index contributed by atoms with van der Waals surface area (Å²) < 4.78 is 5.56. The van der Waals surface area contributed by atoms with E-state index in [1.54, 1.807) is 0 Å². The van der Waals surface area contributed by atoms with Gasteiger partial charge in [0, 0.05) is 31.8 Å². The quantitative estimate of drug-likeness (QED) is 0.860. The number of fused-ring (bicyclic) bond motifs is 2. The number of rotatable bonds is 3. The molecule has 0 radical (unpaired) electrons. The van der Waals surface area contributed by atoms with E-state index in [1.807, 2.05) is 11.9 Å². The fraction of sp³-hybridized carbons (Fsp3) is 0.929. The lowest BCUT2D eigenvalue weighted by atomic mass is 9.98. The molecule has 3 atom stereocenters. The lowest BCUT2D eigenvalue weighted by Crippen LogP contribution is -2.49. The standard InChI is InChI=1S/C14H24N2O2.ClH/c1-16(14(17)9-13-3-2-6-18-13)12-7-10-4-5-11(8-12)15-10;/h10-13,15H,2-9H2,1H3;1H. The first-order valence-electron chi connectivity index (χ1n) is 7.35. The maximum Gasteiger partial charge on any atom is 0.225 e. The molecule has 3 aliphatic rings. The Bertz CT molecular complexity index is 309. The third-order valence-electron chi connectivity index (χ3n) is 4.82. The van der Waals surface area contributed by atoms with Crippen LogP contribution in [0, 0.1) is 0 Å². The van der Waals surface area contributed by atoms with Gasteiger partial charge in [-0.3, -0.25) is 4.79 Å². The monoisotopic (exact) mass is 288 g/mol. The topological polar surface area (TPSA) is 41.6 Å². The molecule has 1 amide bonds. The van der Waals surface area contributed by atoms with Crippen LogP contribution in [0.1, 0.15) is 44.9 Å². The average Bonchev–Trinajstić information content (AvgIpc) is 2.98. The first-order valence-corrected chi connectivity index (χ1v) is 7.35. The zero-order valence-corrected chi connectivity index (χ0v) is 12.5. The van der Waals surface area contributed by atoms with Crippen molar-refractivity contribution >= 4 is 18.3 Å². The first-order chi connectivity index (χ1) is 8.72. The second kappa shape index (κ2) is 6.42. The number of hydrogen-bond acceptors (Lipinski definition) is 3. The highest BCUT2D eigenvalue weighted by molar-refractivity contribution is 5.85. The van der Waals surface area contributed by atoms with Gasteiger partial charge in [0.25, 0.3) is 0 Å². The number of nitrogens with one attached hydrogen (secondary N) is 1. The van der Waals surface area contributed by atoms with Gasteiger partial charge in [0.15, 0.2) is 0 Å². The number of hydrogen-bond donors (Lipinski definition) is 1. The molecule has 19 heavy (non-hydrogen) atoms. The van der Waals surface area contributed by atoms with Crippen LogP contribution < -0.4 is 5.32 Å². The lowest BCUT2D eigenvalue weighted by Gasteiger charge is -2.36. The zero-order chi connectivity index (χ0) is 12.5. The minimum atomic E-state index is 0. The Kier molecular flexibility index (Phi) is 5.09. The third-order valence-corrected chi connectivity index (χ3v) is 4.82. The summed E-state index contributed by atoms with van der Waals surface area (Å²) in [5.41, 5.74) is 0. The molecule has 3 rings (SSSR count). The van der Waals surface area contributed by atoms with Gasteiger partial charge in [-0.2, -0.15) is 0 Å². The molecule has 0 aliphatic carbocycles. The molecule has 3 fully saturated rings. The first kappa shape index (κ1) is 15.1.